The van der Waals surface area contributed by atoms with E-state index in [1.54, 1.807) is 0 Å². The Balaban J connectivity index is 2.57. The molecule has 1 fully saturated rings. The number of rotatable bonds is 6. The van der Waals surface area contributed by atoms with Crippen molar-refractivity contribution in [1.29, 1.82) is 0 Å². The van der Waals surface area contributed by atoms with Crippen LogP contribution in [0.5, 0.6) is 0 Å². The van der Waals surface area contributed by atoms with Gasteiger partial charge >= 0.3 is 5.97 Å². The molecule has 4 heteroatoms. The molecule has 1 rings (SSSR count). The molecule has 1 aliphatic carbocycles. The van der Waals surface area contributed by atoms with Crippen molar-refractivity contribution in [1.82, 2.24) is 10.2 Å². The first-order valence-electron chi connectivity index (χ1n) is 6.60. The molecule has 0 amide bonds. The third-order valence-corrected chi connectivity index (χ3v) is 3.79. The zero-order valence-corrected chi connectivity index (χ0v) is 11.6. The summed E-state index contributed by atoms with van der Waals surface area (Å²) in [4.78, 5) is 14.2. The van der Waals surface area contributed by atoms with E-state index >= 15 is 0 Å². The molecule has 0 radical (unpaired) electrons. The largest absolute Gasteiger partial charge is 0.465 e. The van der Waals surface area contributed by atoms with Crippen LogP contribution in [0.2, 0.25) is 0 Å². The maximum Gasteiger partial charge on any atom is 0.327 e. The molecule has 0 aromatic rings. The molecule has 1 saturated carbocycles. The number of carbonyl (C=O) groups excluding carboxylic acids is 1. The van der Waals surface area contributed by atoms with Crippen LogP contribution in [-0.2, 0) is 9.53 Å². The highest BCUT2D eigenvalue weighted by Crippen LogP contribution is 2.23. The summed E-state index contributed by atoms with van der Waals surface area (Å²) in [5, 5.41) is 3.10. The van der Waals surface area contributed by atoms with E-state index in [1.165, 1.54) is 25.7 Å². The minimum atomic E-state index is -0.604. The first-order valence-corrected chi connectivity index (χ1v) is 6.60. The van der Waals surface area contributed by atoms with E-state index in [-0.39, 0.29) is 5.97 Å². The van der Waals surface area contributed by atoms with Gasteiger partial charge in [-0.3, -0.25) is 4.79 Å². The number of hydrogen-bond donors (Lipinski definition) is 1. The van der Waals surface area contributed by atoms with Crippen molar-refractivity contribution >= 4 is 5.97 Å². The van der Waals surface area contributed by atoms with Crippen LogP contribution in [0.4, 0.5) is 0 Å². The van der Waals surface area contributed by atoms with Gasteiger partial charge in [-0.25, -0.2) is 0 Å². The van der Waals surface area contributed by atoms with Gasteiger partial charge in [0.2, 0.25) is 0 Å². The Labute approximate surface area is 105 Å². The molecule has 100 valence electrons. The van der Waals surface area contributed by atoms with Crippen LogP contribution < -0.4 is 5.32 Å². The minimum Gasteiger partial charge on any atom is -0.465 e. The van der Waals surface area contributed by atoms with E-state index in [1.807, 2.05) is 20.9 Å². The number of nitrogens with zero attached hydrogens (tertiary/aromatic N) is 1. The summed E-state index contributed by atoms with van der Waals surface area (Å²) in [6.45, 7) is 4.89. The summed E-state index contributed by atoms with van der Waals surface area (Å²) < 4.78 is 5.13. The van der Waals surface area contributed by atoms with Crippen molar-refractivity contribution in [3.63, 3.8) is 0 Å². The molecule has 17 heavy (non-hydrogen) atoms. The molecule has 1 atom stereocenters. The van der Waals surface area contributed by atoms with Crippen molar-refractivity contribution < 1.29 is 9.53 Å². The number of hydrogen-bond acceptors (Lipinski definition) is 4. The molecule has 0 saturated heterocycles. The van der Waals surface area contributed by atoms with E-state index in [0.29, 0.717) is 19.2 Å². The third-order valence-electron chi connectivity index (χ3n) is 3.79. The van der Waals surface area contributed by atoms with Gasteiger partial charge in [-0.15, -0.1) is 0 Å². The van der Waals surface area contributed by atoms with Gasteiger partial charge < -0.3 is 15.0 Å². The molecule has 1 N–H and O–H groups in total. The average Bonchev–Trinajstić information content (AvgIpc) is 2.82. The van der Waals surface area contributed by atoms with Crippen LogP contribution in [-0.4, -0.2) is 49.7 Å². The van der Waals surface area contributed by atoms with Crippen molar-refractivity contribution in [2.24, 2.45) is 0 Å². The van der Waals surface area contributed by atoms with Gasteiger partial charge in [0.1, 0.15) is 5.54 Å². The number of nitrogens with one attached hydrogen (secondary N) is 1. The Morgan fingerprint density at radius 3 is 2.53 bits per heavy atom. The van der Waals surface area contributed by atoms with E-state index in [2.05, 4.69) is 17.3 Å². The first kappa shape index (κ1) is 14.5. The second-order valence-corrected chi connectivity index (χ2v) is 5.16. The second kappa shape index (κ2) is 6.36. The Bertz CT molecular complexity index is 252. The average molecular weight is 242 g/mol. The summed E-state index contributed by atoms with van der Waals surface area (Å²) in [6.07, 6.45) is 5.12. The van der Waals surface area contributed by atoms with Crippen LogP contribution >= 0.6 is 0 Å². The molecule has 0 heterocycles. The van der Waals surface area contributed by atoms with Crippen molar-refractivity contribution in [3.05, 3.63) is 0 Å². The second-order valence-electron chi connectivity index (χ2n) is 5.16. The van der Waals surface area contributed by atoms with Gasteiger partial charge in [0.25, 0.3) is 0 Å². The molecule has 1 unspecified atom stereocenters. The zero-order chi connectivity index (χ0) is 12.9. The molecule has 0 aliphatic heterocycles. The molecule has 4 nitrogen and oxygen atoms in total. The van der Waals surface area contributed by atoms with E-state index in [9.17, 15) is 4.79 Å². The Morgan fingerprint density at radius 1 is 1.47 bits per heavy atom. The number of esters is 1. The molecule has 1 aliphatic rings. The lowest BCUT2D eigenvalue weighted by molar-refractivity contribution is -0.151. The lowest BCUT2D eigenvalue weighted by Gasteiger charge is -2.34. The molecule has 0 aromatic carbocycles. The van der Waals surface area contributed by atoms with Crippen LogP contribution in [0.1, 0.15) is 39.5 Å². The standard InChI is InChI=1S/C13H26N2O2/c1-5-17-12(16)13(2,14-3)10-15(4)11-8-6-7-9-11/h11,14H,5-10H2,1-4H3. The van der Waals surface area contributed by atoms with Crippen LogP contribution in [0.15, 0.2) is 0 Å². The van der Waals surface area contributed by atoms with Crippen molar-refractivity contribution in [2.45, 2.75) is 51.1 Å². The fourth-order valence-electron chi connectivity index (χ4n) is 2.51. The van der Waals surface area contributed by atoms with E-state index in [4.69, 9.17) is 4.74 Å². The molecule has 0 bridgehead atoms. The molecular weight excluding hydrogens is 216 g/mol. The third kappa shape index (κ3) is 3.68. The van der Waals surface area contributed by atoms with Crippen LogP contribution in [0, 0.1) is 0 Å². The summed E-state index contributed by atoms with van der Waals surface area (Å²) in [5.41, 5.74) is -0.604. The van der Waals surface area contributed by atoms with Gasteiger partial charge in [-0.1, -0.05) is 12.8 Å². The van der Waals surface area contributed by atoms with Gasteiger partial charge in [0.05, 0.1) is 6.61 Å². The normalized spacial score (nSPS) is 20.5. The van der Waals surface area contributed by atoms with Crippen LogP contribution in [0.3, 0.4) is 0 Å². The number of likely N-dealkylation sites (N-methyl/N-ethyl adjacent to an activating group) is 2. The van der Waals surface area contributed by atoms with Gasteiger partial charge in [-0.2, -0.15) is 0 Å². The van der Waals surface area contributed by atoms with Crippen molar-refractivity contribution in [2.75, 3.05) is 27.2 Å². The monoisotopic (exact) mass is 242 g/mol. The highest BCUT2D eigenvalue weighted by molar-refractivity contribution is 5.80. The van der Waals surface area contributed by atoms with Crippen LogP contribution in [0.25, 0.3) is 0 Å². The van der Waals surface area contributed by atoms with Crippen molar-refractivity contribution in [3.8, 4) is 0 Å². The van der Waals surface area contributed by atoms with Gasteiger partial charge in [-0.05, 0) is 40.8 Å². The fourth-order valence-corrected chi connectivity index (χ4v) is 2.51. The molecule has 0 aromatic heterocycles. The van der Waals surface area contributed by atoms with Gasteiger partial charge in [0, 0.05) is 12.6 Å². The lowest BCUT2D eigenvalue weighted by atomic mass is 10.0. The predicted molar refractivity (Wildman–Crippen MR) is 69.0 cm³/mol. The Morgan fingerprint density at radius 2 is 2.06 bits per heavy atom. The molecular formula is C13H26N2O2. The minimum absolute atomic E-state index is 0.160. The van der Waals surface area contributed by atoms with E-state index in [0.717, 1.165) is 0 Å². The quantitative estimate of drug-likeness (QED) is 0.715. The predicted octanol–water partition coefficient (Wildman–Crippen LogP) is 1.40. The Hall–Kier alpha value is -0.610. The highest BCUT2D eigenvalue weighted by Gasteiger charge is 2.36. The summed E-state index contributed by atoms with van der Waals surface area (Å²) in [6, 6.07) is 0.622. The molecule has 0 spiro atoms. The van der Waals surface area contributed by atoms with Gasteiger partial charge in [0.15, 0.2) is 0 Å². The maximum atomic E-state index is 11.9. The summed E-state index contributed by atoms with van der Waals surface area (Å²) in [7, 11) is 3.92. The summed E-state index contributed by atoms with van der Waals surface area (Å²) in [5.74, 6) is -0.160. The van der Waals surface area contributed by atoms with E-state index < -0.39 is 5.54 Å². The first-order chi connectivity index (χ1) is 8.03. The topological polar surface area (TPSA) is 41.6 Å². The summed E-state index contributed by atoms with van der Waals surface area (Å²) >= 11 is 0. The fraction of sp³-hybridized carbons (Fsp3) is 0.923. The Kier molecular flexibility index (Phi) is 5.40. The highest BCUT2D eigenvalue weighted by atomic mass is 16.5. The number of ether oxygens (including phenoxy) is 1. The SMILES string of the molecule is CCOC(=O)C(C)(CN(C)C1CCCC1)NC. The maximum absolute atomic E-state index is 11.9. The number of carbonyl (C=O) groups is 1. The smallest absolute Gasteiger partial charge is 0.327 e. The zero-order valence-electron chi connectivity index (χ0n) is 11.6. The lowest BCUT2D eigenvalue weighted by Crippen LogP contribution is -2.56.